The molecule has 0 bridgehead atoms. The van der Waals surface area contributed by atoms with Crippen molar-refractivity contribution in [2.24, 2.45) is 0 Å². The van der Waals surface area contributed by atoms with E-state index in [1.807, 2.05) is 0 Å². The third-order valence-electron chi connectivity index (χ3n) is 5.17. The second kappa shape index (κ2) is 9.48. The highest BCUT2D eigenvalue weighted by atomic mass is 35.5. The van der Waals surface area contributed by atoms with Gasteiger partial charge in [-0.05, 0) is 42.0 Å². The lowest BCUT2D eigenvalue weighted by Crippen LogP contribution is -2.35. The molecule has 0 saturated heterocycles. The summed E-state index contributed by atoms with van der Waals surface area (Å²) in [5.41, 5.74) is 0.246. The predicted octanol–water partition coefficient (Wildman–Crippen LogP) is 4.88. The van der Waals surface area contributed by atoms with Gasteiger partial charge in [0.05, 0.1) is 34.8 Å². The Morgan fingerprint density at radius 3 is 2.50 bits per heavy atom. The van der Waals surface area contributed by atoms with Gasteiger partial charge in [-0.2, -0.15) is 0 Å². The standard InChI is InChI=1S/C24H18ClF2N3O4/c1-34-16-6-7-21(18(25)12-16)30-22(28-19-5-3-2-4-17(19)23(30)31)20(29-24(32)33)10-13-8-14(26)11-15(27)9-13/h2-9,11-12,20,29H,10H2,1H3,(H,32,33)/t20-/m0/s1. The van der Waals surface area contributed by atoms with Crippen molar-refractivity contribution in [3.05, 3.63) is 99.1 Å². The maximum absolute atomic E-state index is 13.8. The number of benzene rings is 3. The zero-order valence-corrected chi connectivity index (χ0v) is 18.5. The Labute approximate surface area is 197 Å². The summed E-state index contributed by atoms with van der Waals surface area (Å²) in [6.45, 7) is 0. The lowest BCUT2D eigenvalue weighted by molar-refractivity contribution is 0.189. The number of fused-ring (bicyclic) bond motifs is 1. The fourth-order valence-electron chi connectivity index (χ4n) is 3.73. The summed E-state index contributed by atoms with van der Waals surface area (Å²) in [5, 5.41) is 12.2. The van der Waals surface area contributed by atoms with E-state index in [1.54, 1.807) is 36.4 Å². The van der Waals surface area contributed by atoms with E-state index in [2.05, 4.69) is 10.3 Å². The molecule has 0 aliphatic rings. The molecule has 0 aliphatic carbocycles. The van der Waals surface area contributed by atoms with Crippen molar-refractivity contribution < 1.29 is 23.4 Å². The van der Waals surface area contributed by atoms with Crippen LogP contribution < -0.4 is 15.6 Å². The van der Waals surface area contributed by atoms with Gasteiger partial charge in [-0.25, -0.2) is 18.6 Å². The molecule has 4 rings (SSSR count). The van der Waals surface area contributed by atoms with E-state index in [4.69, 9.17) is 16.3 Å². The molecular formula is C24H18ClF2N3O4. The quantitative estimate of drug-likeness (QED) is 0.406. The molecule has 1 atom stereocenters. The van der Waals surface area contributed by atoms with Crippen molar-refractivity contribution in [1.29, 1.82) is 0 Å². The molecule has 4 aromatic rings. The number of ether oxygens (including phenoxy) is 1. The van der Waals surface area contributed by atoms with Crippen molar-refractivity contribution in [2.45, 2.75) is 12.5 Å². The third kappa shape index (κ3) is 4.69. The van der Waals surface area contributed by atoms with Gasteiger partial charge in [0.1, 0.15) is 23.2 Å². The highest BCUT2D eigenvalue weighted by Gasteiger charge is 2.25. The maximum atomic E-state index is 13.8. The molecule has 10 heteroatoms. The number of nitrogens with zero attached hydrogens (tertiary/aromatic N) is 2. The summed E-state index contributed by atoms with van der Waals surface area (Å²) < 4.78 is 34.0. The first-order chi connectivity index (χ1) is 16.3. The van der Waals surface area contributed by atoms with Crippen LogP contribution in [-0.4, -0.2) is 27.9 Å². The minimum atomic E-state index is -1.41. The van der Waals surface area contributed by atoms with Crippen LogP contribution in [0.2, 0.25) is 5.02 Å². The van der Waals surface area contributed by atoms with Gasteiger partial charge in [-0.15, -0.1) is 0 Å². The van der Waals surface area contributed by atoms with Gasteiger partial charge in [-0.3, -0.25) is 9.36 Å². The van der Waals surface area contributed by atoms with Gasteiger partial charge < -0.3 is 15.2 Å². The topological polar surface area (TPSA) is 93.4 Å². The fourth-order valence-corrected chi connectivity index (χ4v) is 3.99. The molecule has 1 amide bonds. The Bertz CT molecular complexity index is 1440. The van der Waals surface area contributed by atoms with Crippen LogP contribution in [0.15, 0.2) is 65.5 Å². The number of hydrogen-bond donors (Lipinski definition) is 2. The Balaban J connectivity index is 1.98. The number of carboxylic acid groups (broad SMARTS) is 1. The monoisotopic (exact) mass is 485 g/mol. The number of para-hydroxylation sites is 1. The van der Waals surface area contributed by atoms with Crippen LogP contribution in [0.3, 0.4) is 0 Å². The highest BCUT2D eigenvalue weighted by Crippen LogP contribution is 2.29. The van der Waals surface area contributed by atoms with Gasteiger partial charge in [0.25, 0.3) is 5.56 Å². The minimum absolute atomic E-state index is 0.00263. The number of rotatable bonds is 6. The van der Waals surface area contributed by atoms with Crippen molar-refractivity contribution in [2.75, 3.05) is 7.11 Å². The van der Waals surface area contributed by atoms with Crippen LogP contribution in [-0.2, 0) is 6.42 Å². The normalized spacial score (nSPS) is 11.9. The van der Waals surface area contributed by atoms with Crippen molar-refractivity contribution in [3.63, 3.8) is 0 Å². The second-order valence-corrected chi connectivity index (χ2v) is 7.84. The number of nitrogens with one attached hydrogen (secondary N) is 1. The lowest BCUT2D eigenvalue weighted by atomic mass is 10.0. The van der Waals surface area contributed by atoms with Gasteiger partial charge in [0.15, 0.2) is 0 Å². The molecule has 3 aromatic carbocycles. The van der Waals surface area contributed by atoms with Gasteiger partial charge >= 0.3 is 6.09 Å². The van der Waals surface area contributed by atoms with Gasteiger partial charge in [0, 0.05) is 18.6 Å². The molecule has 0 unspecified atom stereocenters. The number of carbonyl (C=O) groups is 1. The van der Waals surface area contributed by atoms with Crippen molar-refractivity contribution >= 4 is 28.6 Å². The summed E-state index contributed by atoms with van der Waals surface area (Å²) in [6.07, 6.45) is -1.59. The van der Waals surface area contributed by atoms with E-state index >= 15 is 0 Å². The lowest BCUT2D eigenvalue weighted by Gasteiger charge is -2.22. The SMILES string of the molecule is COc1ccc(-n2c([C@H](Cc3cc(F)cc(F)c3)NC(=O)O)nc3ccccc3c2=O)c(Cl)c1. The molecule has 0 saturated carbocycles. The number of halogens is 3. The van der Waals surface area contributed by atoms with Gasteiger partial charge in [0.2, 0.25) is 0 Å². The van der Waals surface area contributed by atoms with Crippen LogP contribution in [0.1, 0.15) is 17.4 Å². The minimum Gasteiger partial charge on any atom is -0.497 e. The van der Waals surface area contributed by atoms with Gasteiger partial charge in [-0.1, -0.05) is 23.7 Å². The molecule has 0 radical (unpaired) electrons. The van der Waals surface area contributed by atoms with Crippen LogP contribution in [0.4, 0.5) is 13.6 Å². The smallest absolute Gasteiger partial charge is 0.405 e. The first kappa shape index (κ1) is 23.2. The molecule has 2 N–H and O–H groups in total. The van der Waals surface area contributed by atoms with Crippen molar-refractivity contribution in [1.82, 2.24) is 14.9 Å². The van der Waals surface area contributed by atoms with E-state index in [-0.39, 0.29) is 33.9 Å². The van der Waals surface area contributed by atoms with E-state index < -0.39 is 29.3 Å². The molecule has 7 nitrogen and oxygen atoms in total. The molecule has 0 fully saturated rings. The van der Waals surface area contributed by atoms with E-state index in [0.717, 1.165) is 12.1 Å². The molecular weight excluding hydrogens is 468 g/mol. The van der Waals surface area contributed by atoms with E-state index in [1.165, 1.54) is 17.7 Å². The van der Waals surface area contributed by atoms with Crippen LogP contribution >= 0.6 is 11.6 Å². The Hall–Kier alpha value is -3.98. The van der Waals surface area contributed by atoms with E-state index in [0.29, 0.717) is 17.3 Å². The second-order valence-electron chi connectivity index (χ2n) is 7.43. The molecule has 1 heterocycles. The summed E-state index contributed by atoms with van der Waals surface area (Å²) >= 11 is 6.45. The molecule has 0 aliphatic heterocycles. The highest BCUT2D eigenvalue weighted by molar-refractivity contribution is 6.32. The Kier molecular flexibility index (Phi) is 6.47. The maximum Gasteiger partial charge on any atom is 0.405 e. The predicted molar refractivity (Wildman–Crippen MR) is 123 cm³/mol. The molecule has 0 spiro atoms. The largest absolute Gasteiger partial charge is 0.497 e. The fraction of sp³-hybridized carbons (Fsp3) is 0.125. The first-order valence-electron chi connectivity index (χ1n) is 10.1. The summed E-state index contributed by atoms with van der Waals surface area (Å²) in [7, 11) is 1.46. The molecule has 1 aromatic heterocycles. The van der Waals surface area contributed by atoms with Crippen LogP contribution in [0, 0.1) is 11.6 Å². The summed E-state index contributed by atoms with van der Waals surface area (Å²) in [6, 6.07) is 12.9. The Morgan fingerprint density at radius 1 is 1.15 bits per heavy atom. The Morgan fingerprint density at radius 2 is 1.85 bits per heavy atom. The van der Waals surface area contributed by atoms with Crippen molar-refractivity contribution in [3.8, 4) is 11.4 Å². The van der Waals surface area contributed by atoms with Crippen LogP contribution in [0.5, 0.6) is 5.75 Å². The third-order valence-corrected chi connectivity index (χ3v) is 5.47. The van der Waals surface area contributed by atoms with E-state index in [9.17, 15) is 23.5 Å². The summed E-state index contributed by atoms with van der Waals surface area (Å²) in [5.74, 6) is -1.17. The number of methoxy groups -OCH3 is 1. The zero-order chi connectivity index (χ0) is 24.4. The average molecular weight is 486 g/mol. The molecule has 174 valence electrons. The zero-order valence-electron chi connectivity index (χ0n) is 17.8. The molecule has 34 heavy (non-hydrogen) atoms. The number of aromatic nitrogens is 2. The first-order valence-corrected chi connectivity index (χ1v) is 10.4. The number of amides is 1. The average Bonchev–Trinajstić information content (AvgIpc) is 2.78. The number of hydrogen-bond acceptors (Lipinski definition) is 4. The summed E-state index contributed by atoms with van der Waals surface area (Å²) in [4.78, 5) is 29.7. The van der Waals surface area contributed by atoms with Crippen LogP contribution in [0.25, 0.3) is 16.6 Å².